The van der Waals surface area contributed by atoms with Gasteiger partial charge in [0.05, 0.1) is 23.7 Å². The molecule has 0 spiro atoms. The summed E-state index contributed by atoms with van der Waals surface area (Å²) >= 11 is 0. The van der Waals surface area contributed by atoms with Crippen molar-refractivity contribution in [1.82, 2.24) is 19.8 Å². The number of aromatic nitrogens is 2. The van der Waals surface area contributed by atoms with Crippen molar-refractivity contribution in [3.63, 3.8) is 0 Å². The number of halogens is 3. The Hall–Kier alpha value is -1.29. The zero-order valence-corrected chi connectivity index (χ0v) is 15.7. The molecule has 0 unspecified atom stereocenters. The van der Waals surface area contributed by atoms with E-state index in [4.69, 9.17) is 5.26 Å². The lowest BCUT2D eigenvalue weighted by atomic mass is 10.1. The first-order valence-electron chi connectivity index (χ1n) is 7.26. The maximum atomic E-state index is 8.84. The number of benzene rings is 1. The van der Waals surface area contributed by atoms with Crippen LogP contribution >= 0.6 is 37.2 Å². The topological polar surface area (TPSA) is 56.9 Å². The highest BCUT2D eigenvalue weighted by atomic mass is 35.5. The van der Waals surface area contributed by atoms with Gasteiger partial charge in [-0.2, -0.15) is 5.26 Å². The van der Waals surface area contributed by atoms with Crippen LogP contribution in [0.3, 0.4) is 0 Å². The summed E-state index contributed by atoms with van der Waals surface area (Å²) in [6, 6.07) is 9.89. The summed E-state index contributed by atoms with van der Waals surface area (Å²) in [5.41, 5.74) is 3.13. The van der Waals surface area contributed by atoms with Crippen LogP contribution in [0.15, 0.2) is 36.8 Å². The maximum Gasteiger partial charge on any atom is 0.0991 e. The molecule has 1 saturated heterocycles. The number of hydrogen-bond donors (Lipinski definition) is 1. The first-order valence-corrected chi connectivity index (χ1v) is 7.26. The van der Waals surface area contributed by atoms with Gasteiger partial charge in [0.25, 0.3) is 0 Å². The third-order valence-electron chi connectivity index (χ3n) is 3.83. The van der Waals surface area contributed by atoms with Crippen LogP contribution in [0.25, 0.3) is 0 Å². The molecule has 2 heterocycles. The van der Waals surface area contributed by atoms with Gasteiger partial charge in [-0.1, -0.05) is 12.1 Å². The summed E-state index contributed by atoms with van der Waals surface area (Å²) in [5, 5.41) is 12.2. The van der Waals surface area contributed by atoms with Gasteiger partial charge >= 0.3 is 0 Å². The highest BCUT2D eigenvalue weighted by molar-refractivity contribution is 5.86. The normalized spacial score (nSPS) is 13.8. The zero-order chi connectivity index (χ0) is 14.5. The summed E-state index contributed by atoms with van der Waals surface area (Å²) in [6.07, 6.45) is 3.83. The van der Waals surface area contributed by atoms with Crippen molar-refractivity contribution in [1.29, 1.82) is 5.26 Å². The molecule has 2 aromatic rings. The number of rotatable bonds is 4. The minimum Gasteiger partial charge on any atom is -0.329 e. The van der Waals surface area contributed by atoms with Crippen molar-refractivity contribution in [3.8, 4) is 6.07 Å². The van der Waals surface area contributed by atoms with Gasteiger partial charge in [-0.05, 0) is 17.7 Å². The SMILES string of the molecule is Cl.Cl.Cl.N#Cc1ccc(Cn2cncc2CN2CCNCC2)cc1. The van der Waals surface area contributed by atoms with E-state index in [1.165, 1.54) is 11.3 Å². The lowest BCUT2D eigenvalue weighted by Crippen LogP contribution is -2.43. The molecule has 1 N–H and O–H groups in total. The second-order valence-electron chi connectivity index (χ2n) is 5.35. The van der Waals surface area contributed by atoms with Crippen LogP contribution in [0.5, 0.6) is 0 Å². The fraction of sp³-hybridized carbons (Fsp3) is 0.375. The van der Waals surface area contributed by atoms with Crippen molar-refractivity contribution in [3.05, 3.63) is 53.6 Å². The van der Waals surface area contributed by atoms with Crippen molar-refractivity contribution in [2.45, 2.75) is 13.1 Å². The lowest BCUT2D eigenvalue weighted by molar-refractivity contribution is 0.228. The Bertz CT molecular complexity index is 630. The molecule has 0 radical (unpaired) electrons. The summed E-state index contributed by atoms with van der Waals surface area (Å²) in [4.78, 5) is 6.73. The van der Waals surface area contributed by atoms with E-state index in [1.54, 1.807) is 0 Å². The smallest absolute Gasteiger partial charge is 0.0991 e. The first-order chi connectivity index (χ1) is 10.3. The van der Waals surface area contributed by atoms with Crippen molar-refractivity contribution < 1.29 is 0 Å². The first kappa shape index (κ1) is 22.7. The highest BCUT2D eigenvalue weighted by Gasteiger charge is 2.12. The number of nitrogens with zero attached hydrogens (tertiary/aromatic N) is 4. The zero-order valence-electron chi connectivity index (χ0n) is 13.2. The van der Waals surface area contributed by atoms with Crippen LogP contribution < -0.4 is 5.32 Å². The van der Waals surface area contributed by atoms with Crippen molar-refractivity contribution in [2.24, 2.45) is 0 Å². The Labute approximate surface area is 161 Å². The van der Waals surface area contributed by atoms with Crippen molar-refractivity contribution in [2.75, 3.05) is 26.2 Å². The number of nitriles is 1. The highest BCUT2D eigenvalue weighted by Crippen LogP contribution is 2.10. The summed E-state index contributed by atoms with van der Waals surface area (Å²) in [5.74, 6) is 0. The molecule has 0 bridgehead atoms. The van der Waals surface area contributed by atoms with Crippen LogP contribution in [0.1, 0.15) is 16.8 Å². The van der Waals surface area contributed by atoms with E-state index in [2.05, 4.69) is 25.8 Å². The van der Waals surface area contributed by atoms with Gasteiger partial charge < -0.3 is 9.88 Å². The Kier molecular flexibility index (Phi) is 10.7. The molecular weight excluding hydrogens is 369 g/mol. The predicted octanol–water partition coefficient (Wildman–Crippen LogP) is 2.47. The van der Waals surface area contributed by atoms with E-state index in [1.807, 2.05) is 36.8 Å². The molecule has 24 heavy (non-hydrogen) atoms. The molecule has 0 amide bonds. The number of hydrogen-bond acceptors (Lipinski definition) is 4. The molecular formula is C16H22Cl3N5. The van der Waals surface area contributed by atoms with E-state index >= 15 is 0 Å². The number of nitrogens with one attached hydrogen (secondary N) is 1. The third-order valence-corrected chi connectivity index (χ3v) is 3.83. The Morgan fingerprint density at radius 2 is 1.71 bits per heavy atom. The molecule has 0 saturated carbocycles. The summed E-state index contributed by atoms with van der Waals surface area (Å²) in [7, 11) is 0. The van der Waals surface area contributed by atoms with E-state index in [0.717, 1.165) is 39.3 Å². The van der Waals surface area contributed by atoms with Gasteiger partial charge in [0.1, 0.15) is 0 Å². The second-order valence-corrected chi connectivity index (χ2v) is 5.35. The minimum atomic E-state index is 0. The Balaban J connectivity index is 0.00000176. The van der Waals surface area contributed by atoms with Crippen LogP contribution in [0.4, 0.5) is 0 Å². The van der Waals surface area contributed by atoms with Gasteiger partial charge in [-0.15, -0.1) is 37.2 Å². The fourth-order valence-corrected chi connectivity index (χ4v) is 2.60. The van der Waals surface area contributed by atoms with E-state index in [-0.39, 0.29) is 37.2 Å². The molecule has 0 aliphatic carbocycles. The standard InChI is InChI=1S/C16H19N5.3ClH/c17-9-14-1-3-15(4-2-14)11-21-13-19-10-16(21)12-20-7-5-18-6-8-20;;;/h1-4,10,13,18H,5-8,11-12H2;3*1H. The van der Waals surface area contributed by atoms with Crippen LogP contribution in [0.2, 0.25) is 0 Å². The Morgan fingerprint density at radius 3 is 2.33 bits per heavy atom. The van der Waals surface area contributed by atoms with Crippen LogP contribution in [-0.2, 0) is 13.1 Å². The molecule has 1 aromatic heterocycles. The van der Waals surface area contributed by atoms with Gasteiger partial charge in [0.2, 0.25) is 0 Å². The second kappa shape index (κ2) is 11.3. The van der Waals surface area contributed by atoms with E-state index in [0.29, 0.717) is 5.56 Å². The fourth-order valence-electron chi connectivity index (χ4n) is 2.60. The van der Waals surface area contributed by atoms with Crippen LogP contribution in [-0.4, -0.2) is 40.6 Å². The van der Waals surface area contributed by atoms with Gasteiger partial charge in [-0.25, -0.2) is 4.98 Å². The minimum absolute atomic E-state index is 0. The predicted molar refractivity (Wildman–Crippen MR) is 102 cm³/mol. The average Bonchev–Trinajstić information content (AvgIpc) is 2.96. The average molecular weight is 391 g/mol. The lowest BCUT2D eigenvalue weighted by Gasteiger charge is -2.27. The molecule has 1 aliphatic heterocycles. The summed E-state index contributed by atoms with van der Waals surface area (Å²) in [6.45, 7) is 6.03. The van der Waals surface area contributed by atoms with E-state index < -0.39 is 0 Å². The summed E-state index contributed by atoms with van der Waals surface area (Å²) < 4.78 is 2.18. The quantitative estimate of drug-likeness (QED) is 0.871. The largest absolute Gasteiger partial charge is 0.329 e. The van der Waals surface area contributed by atoms with Gasteiger partial charge in [-0.3, -0.25) is 4.90 Å². The van der Waals surface area contributed by atoms with Crippen LogP contribution in [0, 0.1) is 11.3 Å². The number of piperazine rings is 1. The number of imidazole rings is 1. The maximum absolute atomic E-state index is 8.84. The molecule has 1 aromatic carbocycles. The molecule has 132 valence electrons. The molecule has 1 fully saturated rings. The molecule has 1 aliphatic rings. The monoisotopic (exact) mass is 389 g/mol. The van der Waals surface area contributed by atoms with Crippen molar-refractivity contribution >= 4 is 37.2 Å². The molecule has 0 atom stereocenters. The molecule has 3 rings (SSSR count). The third kappa shape index (κ3) is 5.97. The molecule has 5 nitrogen and oxygen atoms in total. The Morgan fingerprint density at radius 1 is 1.04 bits per heavy atom. The van der Waals surface area contributed by atoms with E-state index in [9.17, 15) is 0 Å². The molecule has 8 heteroatoms. The van der Waals surface area contributed by atoms with Gasteiger partial charge in [0, 0.05) is 45.5 Å². The van der Waals surface area contributed by atoms with Gasteiger partial charge in [0.15, 0.2) is 0 Å².